The van der Waals surface area contributed by atoms with Gasteiger partial charge < -0.3 is 19.7 Å². The Morgan fingerprint density at radius 3 is 2.39 bits per heavy atom. The molecular weight excluding hydrogens is 352 g/mol. The number of hydrogen-bond donors (Lipinski definition) is 1. The van der Waals surface area contributed by atoms with Gasteiger partial charge in [-0.2, -0.15) is 0 Å². The van der Waals surface area contributed by atoms with Gasteiger partial charge in [-0.15, -0.1) is 0 Å². The SMILES string of the molecule is O=C(N[C@@H]1CCCN(CCCOCc2ccccc2)C1)OCc1ccccc1. The van der Waals surface area contributed by atoms with Crippen LogP contribution in [0.3, 0.4) is 0 Å². The predicted molar refractivity (Wildman–Crippen MR) is 110 cm³/mol. The third kappa shape index (κ3) is 7.33. The minimum Gasteiger partial charge on any atom is -0.445 e. The molecule has 1 N–H and O–H groups in total. The van der Waals surface area contributed by atoms with E-state index < -0.39 is 0 Å². The summed E-state index contributed by atoms with van der Waals surface area (Å²) in [6, 6.07) is 20.1. The largest absolute Gasteiger partial charge is 0.445 e. The molecule has 0 unspecified atom stereocenters. The maximum Gasteiger partial charge on any atom is 0.407 e. The molecule has 0 aliphatic carbocycles. The Morgan fingerprint density at radius 2 is 1.68 bits per heavy atom. The molecule has 0 aromatic heterocycles. The van der Waals surface area contributed by atoms with Gasteiger partial charge in [-0.05, 0) is 36.9 Å². The Hall–Kier alpha value is -2.37. The van der Waals surface area contributed by atoms with Crippen molar-refractivity contribution in [2.24, 2.45) is 0 Å². The highest BCUT2D eigenvalue weighted by atomic mass is 16.5. The van der Waals surface area contributed by atoms with E-state index in [-0.39, 0.29) is 12.1 Å². The number of benzene rings is 2. The molecule has 3 rings (SSSR count). The van der Waals surface area contributed by atoms with Crippen LogP contribution in [0.25, 0.3) is 0 Å². The number of carbonyl (C=O) groups is 1. The van der Waals surface area contributed by atoms with E-state index >= 15 is 0 Å². The molecule has 1 heterocycles. The monoisotopic (exact) mass is 382 g/mol. The number of ether oxygens (including phenoxy) is 2. The van der Waals surface area contributed by atoms with Crippen LogP contribution >= 0.6 is 0 Å². The lowest BCUT2D eigenvalue weighted by molar-refractivity contribution is 0.0985. The number of alkyl carbamates (subject to hydrolysis) is 1. The summed E-state index contributed by atoms with van der Waals surface area (Å²) in [5.41, 5.74) is 2.21. The first-order valence-corrected chi connectivity index (χ1v) is 10.1. The Kier molecular flexibility index (Phi) is 8.34. The first kappa shape index (κ1) is 20.4. The molecule has 2 aromatic carbocycles. The molecule has 28 heavy (non-hydrogen) atoms. The molecule has 0 saturated carbocycles. The number of likely N-dealkylation sites (tertiary alicyclic amines) is 1. The van der Waals surface area contributed by atoms with Crippen molar-refractivity contribution < 1.29 is 14.3 Å². The van der Waals surface area contributed by atoms with Gasteiger partial charge in [0.25, 0.3) is 0 Å². The summed E-state index contributed by atoms with van der Waals surface area (Å²) >= 11 is 0. The zero-order valence-corrected chi connectivity index (χ0v) is 16.4. The standard InChI is InChI=1S/C23H30N2O3/c26-23(28-19-21-11-5-2-6-12-21)24-22-13-7-14-25(17-22)15-8-16-27-18-20-9-3-1-4-10-20/h1-6,9-12,22H,7-8,13-19H2,(H,24,26)/t22-/m1/s1. The molecule has 2 aromatic rings. The fraction of sp³-hybridized carbons (Fsp3) is 0.435. The zero-order valence-electron chi connectivity index (χ0n) is 16.4. The van der Waals surface area contributed by atoms with Crippen molar-refractivity contribution in [3.05, 3.63) is 71.8 Å². The van der Waals surface area contributed by atoms with Crippen LogP contribution in [0.4, 0.5) is 4.79 Å². The van der Waals surface area contributed by atoms with E-state index in [9.17, 15) is 4.79 Å². The van der Waals surface area contributed by atoms with Crippen LogP contribution in [0.15, 0.2) is 60.7 Å². The van der Waals surface area contributed by atoms with Gasteiger partial charge in [0.05, 0.1) is 6.61 Å². The lowest BCUT2D eigenvalue weighted by atomic mass is 10.1. The fourth-order valence-electron chi connectivity index (χ4n) is 3.46. The van der Waals surface area contributed by atoms with E-state index in [1.54, 1.807) is 0 Å². The van der Waals surface area contributed by atoms with Crippen molar-refractivity contribution in [3.63, 3.8) is 0 Å². The number of nitrogens with one attached hydrogen (secondary N) is 1. The first-order valence-electron chi connectivity index (χ1n) is 10.1. The summed E-state index contributed by atoms with van der Waals surface area (Å²) in [6.07, 6.45) is 2.76. The van der Waals surface area contributed by atoms with Crippen LogP contribution in [0.1, 0.15) is 30.4 Å². The highest BCUT2D eigenvalue weighted by Crippen LogP contribution is 2.11. The topological polar surface area (TPSA) is 50.8 Å². The second-order valence-corrected chi connectivity index (χ2v) is 7.24. The number of piperidine rings is 1. The molecule has 1 aliphatic rings. The lowest BCUT2D eigenvalue weighted by Gasteiger charge is -2.32. The quantitative estimate of drug-likeness (QED) is 0.667. The molecular formula is C23H30N2O3. The number of carbonyl (C=O) groups excluding carboxylic acids is 1. The molecule has 5 heteroatoms. The first-order chi connectivity index (χ1) is 13.8. The highest BCUT2D eigenvalue weighted by Gasteiger charge is 2.21. The Labute approximate surface area is 167 Å². The van der Waals surface area contributed by atoms with Gasteiger partial charge in [0.15, 0.2) is 0 Å². The Morgan fingerprint density at radius 1 is 1.00 bits per heavy atom. The average Bonchev–Trinajstić information content (AvgIpc) is 2.74. The van der Waals surface area contributed by atoms with Crippen LogP contribution in [0.2, 0.25) is 0 Å². The molecule has 0 spiro atoms. The summed E-state index contributed by atoms with van der Waals surface area (Å²) in [6.45, 7) is 4.67. The maximum absolute atomic E-state index is 12.1. The second-order valence-electron chi connectivity index (χ2n) is 7.24. The van der Waals surface area contributed by atoms with E-state index in [4.69, 9.17) is 9.47 Å². The molecule has 150 valence electrons. The third-order valence-corrected chi connectivity index (χ3v) is 4.91. The summed E-state index contributed by atoms with van der Waals surface area (Å²) < 4.78 is 11.1. The van der Waals surface area contributed by atoms with E-state index in [1.165, 1.54) is 5.56 Å². The van der Waals surface area contributed by atoms with E-state index in [0.29, 0.717) is 13.2 Å². The normalized spacial score (nSPS) is 17.2. The summed E-state index contributed by atoms with van der Waals surface area (Å²) in [5.74, 6) is 0. The molecule has 1 amide bonds. The minimum atomic E-state index is -0.332. The van der Waals surface area contributed by atoms with Crippen LogP contribution < -0.4 is 5.32 Å². The van der Waals surface area contributed by atoms with Crippen molar-refractivity contribution in [1.29, 1.82) is 0 Å². The Balaban J connectivity index is 1.28. The molecule has 1 fully saturated rings. The lowest BCUT2D eigenvalue weighted by Crippen LogP contribution is -2.48. The third-order valence-electron chi connectivity index (χ3n) is 4.91. The molecule has 0 bridgehead atoms. The molecule has 5 nitrogen and oxygen atoms in total. The predicted octanol–water partition coefficient (Wildman–Crippen LogP) is 3.98. The molecule has 1 saturated heterocycles. The second kappa shape index (κ2) is 11.5. The van der Waals surface area contributed by atoms with Crippen LogP contribution in [0, 0.1) is 0 Å². The van der Waals surface area contributed by atoms with E-state index in [0.717, 1.165) is 51.1 Å². The molecule has 0 radical (unpaired) electrons. The Bertz CT molecular complexity index is 694. The minimum absolute atomic E-state index is 0.155. The number of hydrogen-bond acceptors (Lipinski definition) is 4. The van der Waals surface area contributed by atoms with Crippen LogP contribution in [0.5, 0.6) is 0 Å². The number of rotatable bonds is 9. The van der Waals surface area contributed by atoms with Gasteiger partial charge in [-0.25, -0.2) is 4.79 Å². The van der Waals surface area contributed by atoms with Crippen molar-refractivity contribution >= 4 is 6.09 Å². The van der Waals surface area contributed by atoms with Crippen molar-refractivity contribution in [2.45, 2.75) is 38.5 Å². The summed E-state index contributed by atoms with van der Waals surface area (Å²) in [4.78, 5) is 14.5. The van der Waals surface area contributed by atoms with Gasteiger partial charge in [0, 0.05) is 25.7 Å². The van der Waals surface area contributed by atoms with Crippen molar-refractivity contribution in [2.75, 3.05) is 26.2 Å². The number of nitrogens with zero attached hydrogens (tertiary/aromatic N) is 1. The van der Waals surface area contributed by atoms with E-state index in [2.05, 4.69) is 22.3 Å². The van der Waals surface area contributed by atoms with E-state index in [1.807, 2.05) is 48.5 Å². The smallest absolute Gasteiger partial charge is 0.407 e. The van der Waals surface area contributed by atoms with Crippen molar-refractivity contribution in [3.8, 4) is 0 Å². The van der Waals surface area contributed by atoms with Crippen LogP contribution in [-0.4, -0.2) is 43.3 Å². The maximum atomic E-state index is 12.1. The van der Waals surface area contributed by atoms with Crippen LogP contribution in [-0.2, 0) is 22.7 Å². The fourth-order valence-corrected chi connectivity index (χ4v) is 3.46. The molecule has 1 aliphatic heterocycles. The van der Waals surface area contributed by atoms with Gasteiger partial charge in [0.1, 0.15) is 6.61 Å². The zero-order chi connectivity index (χ0) is 19.4. The average molecular weight is 383 g/mol. The van der Waals surface area contributed by atoms with Crippen molar-refractivity contribution in [1.82, 2.24) is 10.2 Å². The highest BCUT2D eigenvalue weighted by molar-refractivity contribution is 5.67. The summed E-state index contributed by atoms with van der Waals surface area (Å²) in [7, 11) is 0. The summed E-state index contributed by atoms with van der Waals surface area (Å²) in [5, 5.41) is 3.01. The van der Waals surface area contributed by atoms with Gasteiger partial charge in [-0.3, -0.25) is 0 Å². The van der Waals surface area contributed by atoms with Gasteiger partial charge in [0.2, 0.25) is 0 Å². The van der Waals surface area contributed by atoms with Gasteiger partial charge in [-0.1, -0.05) is 60.7 Å². The number of amides is 1. The van der Waals surface area contributed by atoms with Gasteiger partial charge >= 0.3 is 6.09 Å². The molecule has 1 atom stereocenters.